The maximum absolute atomic E-state index is 4.79. The summed E-state index contributed by atoms with van der Waals surface area (Å²) in [5.41, 5.74) is 0. The molecule has 0 aliphatic heterocycles. The van der Waals surface area contributed by atoms with Gasteiger partial charge < -0.3 is 23.7 Å². The van der Waals surface area contributed by atoms with Gasteiger partial charge in [0.2, 0.25) is 0 Å². The second-order valence-electron chi connectivity index (χ2n) is 9.79. The smallest absolute Gasteiger partial charge is 0.0784 e. The standard InChI is InChI=1S/2C6H12O.2C6H12.C5H10O.C5H10.C4H8O.C4H8.C3H6O.C3H6/c2*1-3-4-5-6-7-2;2*1-3-5-6-4-2;1-3-4-5-6-2;1-3-5-4-2;1-3-4-5-2;2*1-3-4-2;1-3-2/h5-6H,3-4H2,1-2H3;3-4H,5-6H2,1-2H3;2*3,5H,4,6H2,1-2H3;3H,1,4-5H2,2H3;3H,1,4-5H2,2H3;3-4H,1-2H3;3-4H,1-2H3;3H,1H2,2H3;3H,1H2,2H3/b6-5+;4-3+;2*5-3+;;;2*4-3+;;. The molecule has 5 heteroatoms. The fraction of sp³-hybridized carbons (Fsp3) is 0.583. The van der Waals surface area contributed by atoms with Gasteiger partial charge in [0, 0.05) is 27.4 Å². The summed E-state index contributed by atoms with van der Waals surface area (Å²) in [7, 11) is 8.24. The van der Waals surface area contributed by atoms with Gasteiger partial charge >= 0.3 is 0 Å². The van der Waals surface area contributed by atoms with Crippen LogP contribution in [0.2, 0.25) is 0 Å². The van der Waals surface area contributed by atoms with Crippen molar-refractivity contribution in [3.63, 3.8) is 0 Å². The number of allylic oxidation sites excluding steroid dienone is 11. The fourth-order valence-electron chi connectivity index (χ4n) is 1.89. The van der Waals surface area contributed by atoms with Gasteiger partial charge in [0.05, 0.1) is 40.1 Å². The highest BCUT2D eigenvalue weighted by atomic mass is 16.5. The third-order valence-corrected chi connectivity index (χ3v) is 4.59. The number of methoxy groups -OCH3 is 5. The maximum Gasteiger partial charge on any atom is 0.0784 e. The van der Waals surface area contributed by atoms with Crippen molar-refractivity contribution in [2.45, 2.75) is 140 Å². The maximum atomic E-state index is 4.79. The Morgan fingerprint density at radius 1 is 0.377 bits per heavy atom. The summed E-state index contributed by atoms with van der Waals surface area (Å²) in [5.74, 6) is 0. The molecule has 0 amide bonds. The van der Waals surface area contributed by atoms with Gasteiger partial charge in [-0.05, 0) is 93.1 Å². The van der Waals surface area contributed by atoms with Crippen LogP contribution in [0.4, 0.5) is 0 Å². The van der Waals surface area contributed by atoms with Crippen LogP contribution in [0.15, 0.2) is 124 Å². The lowest BCUT2D eigenvalue weighted by atomic mass is 10.3. The van der Waals surface area contributed by atoms with Crippen LogP contribution in [-0.4, -0.2) is 48.8 Å². The molecule has 0 aromatic heterocycles. The molecule has 0 saturated carbocycles. The van der Waals surface area contributed by atoms with Crippen molar-refractivity contribution in [1.29, 1.82) is 0 Å². The summed E-state index contributed by atoms with van der Waals surface area (Å²) in [6, 6.07) is 0. The van der Waals surface area contributed by atoms with Crippen molar-refractivity contribution in [1.82, 2.24) is 0 Å². The average Bonchev–Trinajstić information content (AvgIpc) is 3.18. The molecule has 0 heterocycles. The minimum absolute atomic E-state index is 0.795. The monoisotopic (exact) mass is 753 g/mol. The normalized spacial score (nSPS) is 8.91. The lowest BCUT2D eigenvalue weighted by Crippen LogP contribution is -1.82. The van der Waals surface area contributed by atoms with E-state index in [0.717, 1.165) is 38.9 Å². The Kier molecular flexibility index (Phi) is 177. The molecule has 0 aromatic carbocycles. The van der Waals surface area contributed by atoms with Crippen LogP contribution in [0.3, 0.4) is 0 Å². The minimum Gasteiger partial charge on any atom is -0.505 e. The van der Waals surface area contributed by atoms with Crippen LogP contribution < -0.4 is 0 Å². The highest BCUT2D eigenvalue weighted by Crippen LogP contribution is 1.87. The Morgan fingerprint density at radius 2 is 0.698 bits per heavy atom. The Hall–Kier alpha value is -3.28. The first kappa shape index (κ1) is 74.8. The Labute approximate surface area is 336 Å². The number of ether oxygens (including phenoxy) is 5. The van der Waals surface area contributed by atoms with Gasteiger partial charge in [-0.25, -0.2) is 0 Å². The third kappa shape index (κ3) is 273. The summed E-state index contributed by atoms with van der Waals surface area (Å²) in [4.78, 5) is 0. The van der Waals surface area contributed by atoms with E-state index in [0.29, 0.717) is 0 Å². The van der Waals surface area contributed by atoms with Gasteiger partial charge in [0.25, 0.3) is 0 Å². The molecule has 0 aliphatic rings. The molecular formula is C48H96O5. The van der Waals surface area contributed by atoms with Crippen molar-refractivity contribution >= 4 is 0 Å². The second-order valence-corrected chi connectivity index (χ2v) is 9.79. The van der Waals surface area contributed by atoms with Crippen LogP contribution in [0.5, 0.6) is 0 Å². The van der Waals surface area contributed by atoms with E-state index in [1.54, 1.807) is 54.1 Å². The molecule has 0 unspecified atom stereocenters. The summed E-state index contributed by atoms with van der Waals surface area (Å²) < 4.78 is 23.0. The lowest BCUT2D eigenvalue weighted by molar-refractivity contribution is 0.204. The van der Waals surface area contributed by atoms with E-state index in [9.17, 15) is 0 Å². The molecule has 0 N–H and O–H groups in total. The first-order chi connectivity index (χ1) is 25.6. The number of hydrogen-bond acceptors (Lipinski definition) is 5. The lowest BCUT2D eigenvalue weighted by Gasteiger charge is -1.87. The van der Waals surface area contributed by atoms with E-state index in [-0.39, 0.29) is 0 Å². The van der Waals surface area contributed by atoms with Gasteiger partial charge in [0.1, 0.15) is 0 Å². The number of unbranched alkanes of at least 4 members (excludes halogenated alkanes) is 4. The zero-order valence-electron chi connectivity index (χ0n) is 38.6. The molecule has 0 fully saturated rings. The largest absolute Gasteiger partial charge is 0.505 e. The predicted molar refractivity (Wildman–Crippen MR) is 249 cm³/mol. The molecule has 0 bridgehead atoms. The van der Waals surface area contributed by atoms with Gasteiger partial charge in [-0.1, -0.05) is 133 Å². The van der Waals surface area contributed by atoms with Crippen molar-refractivity contribution in [2.75, 3.05) is 48.8 Å². The Balaban J connectivity index is -0.0000000489. The van der Waals surface area contributed by atoms with E-state index in [2.05, 4.69) is 112 Å². The van der Waals surface area contributed by atoms with Gasteiger partial charge in [0.15, 0.2) is 0 Å². The molecule has 318 valence electrons. The van der Waals surface area contributed by atoms with E-state index in [1.807, 2.05) is 77.2 Å². The van der Waals surface area contributed by atoms with Gasteiger partial charge in [-0.2, -0.15) is 0 Å². The van der Waals surface area contributed by atoms with Crippen LogP contribution in [-0.2, 0) is 23.7 Å². The van der Waals surface area contributed by atoms with Crippen LogP contribution >= 0.6 is 0 Å². The Morgan fingerprint density at radius 3 is 0.849 bits per heavy atom. The quantitative estimate of drug-likeness (QED) is 0.0841. The van der Waals surface area contributed by atoms with E-state index in [1.165, 1.54) is 44.8 Å². The topological polar surface area (TPSA) is 46.2 Å². The SMILES string of the molecule is C/C=C/C.C/C=C/CCC.C/C=C/CCC.C/C=C/CCOC.C/C=C/OC.C=CC.C=CCCC.C=CCCOC.C=COC.CCC/C=C/OC. The molecule has 0 aliphatic carbocycles. The van der Waals surface area contributed by atoms with E-state index in [4.69, 9.17) is 9.47 Å². The molecule has 0 aromatic rings. The number of hydrogen-bond donors (Lipinski definition) is 0. The van der Waals surface area contributed by atoms with Crippen molar-refractivity contribution in [3.05, 3.63) is 124 Å². The summed E-state index contributed by atoms with van der Waals surface area (Å²) in [6.45, 7) is 37.9. The summed E-state index contributed by atoms with van der Waals surface area (Å²) >= 11 is 0. The summed E-state index contributed by atoms with van der Waals surface area (Å²) in [5, 5.41) is 0. The molecule has 5 nitrogen and oxygen atoms in total. The summed E-state index contributed by atoms with van der Waals surface area (Å²) in [6.07, 6.45) is 42.4. The zero-order valence-corrected chi connectivity index (χ0v) is 38.6. The van der Waals surface area contributed by atoms with Crippen LogP contribution in [0.1, 0.15) is 140 Å². The van der Waals surface area contributed by atoms with Gasteiger partial charge in [-0.3, -0.25) is 0 Å². The van der Waals surface area contributed by atoms with Crippen molar-refractivity contribution < 1.29 is 23.7 Å². The zero-order chi connectivity index (χ0) is 43.3. The second kappa shape index (κ2) is 126. The van der Waals surface area contributed by atoms with E-state index >= 15 is 0 Å². The molecule has 0 saturated heterocycles. The molecule has 0 radical (unpaired) electrons. The van der Waals surface area contributed by atoms with Crippen molar-refractivity contribution in [3.8, 4) is 0 Å². The minimum atomic E-state index is 0.795. The van der Waals surface area contributed by atoms with Crippen molar-refractivity contribution in [2.24, 2.45) is 0 Å². The average molecular weight is 753 g/mol. The predicted octanol–water partition coefficient (Wildman–Crippen LogP) is 16.2. The first-order valence-corrected chi connectivity index (χ1v) is 19.3. The third-order valence-electron chi connectivity index (χ3n) is 4.59. The molecule has 0 spiro atoms. The number of rotatable bonds is 17. The molecule has 0 rings (SSSR count). The molecule has 0 atom stereocenters. The molecular weight excluding hydrogens is 657 g/mol. The van der Waals surface area contributed by atoms with Crippen LogP contribution in [0, 0.1) is 0 Å². The Bertz CT molecular complexity index is 668. The highest BCUT2D eigenvalue weighted by molar-refractivity contribution is 4.76. The van der Waals surface area contributed by atoms with E-state index < -0.39 is 0 Å². The molecule has 53 heavy (non-hydrogen) atoms. The fourth-order valence-corrected chi connectivity index (χ4v) is 1.89. The first-order valence-electron chi connectivity index (χ1n) is 19.3. The van der Waals surface area contributed by atoms with Crippen LogP contribution in [0.25, 0.3) is 0 Å². The highest BCUT2D eigenvalue weighted by Gasteiger charge is 1.72. The van der Waals surface area contributed by atoms with Gasteiger partial charge in [-0.15, -0.1) is 19.7 Å².